The van der Waals surface area contributed by atoms with E-state index in [4.69, 9.17) is 21.1 Å². The van der Waals surface area contributed by atoms with Gasteiger partial charge in [-0.1, -0.05) is 23.7 Å². The first-order valence-electron chi connectivity index (χ1n) is 6.78. The third kappa shape index (κ3) is 4.69. The van der Waals surface area contributed by atoms with Crippen LogP contribution < -0.4 is 4.74 Å². The van der Waals surface area contributed by atoms with Gasteiger partial charge in [-0.2, -0.15) is 0 Å². The van der Waals surface area contributed by atoms with Gasteiger partial charge in [0.25, 0.3) is 5.69 Å². The number of rotatable bonds is 6. The standard InChI is InChI=1S/C16H14ClNO5/c1-11-3-2-4-13(9-11)22-7-8-23-16(19)14-10-12(17)5-6-15(14)18(20)21/h2-6,9-10H,7-8H2,1H3. The van der Waals surface area contributed by atoms with Crippen LogP contribution in [0.25, 0.3) is 0 Å². The molecule has 0 radical (unpaired) electrons. The summed E-state index contributed by atoms with van der Waals surface area (Å²) in [6.07, 6.45) is 0. The van der Waals surface area contributed by atoms with Gasteiger partial charge in [-0.05, 0) is 36.8 Å². The minimum absolute atomic E-state index is 0.0313. The first kappa shape index (κ1) is 16.8. The molecule has 120 valence electrons. The Morgan fingerprint density at radius 3 is 2.70 bits per heavy atom. The lowest BCUT2D eigenvalue weighted by Crippen LogP contribution is -2.13. The molecule has 0 N–H and O–H groups in total. The average Bonchev–Trinajstić information content (AvgIpc) is 2.51. The van der Waals surface area contributed by atoms with Gasteiger partial charge < -0.3 is 9.47 Å². The molecule has 7 heteroatoms. The topological polar surface area (TPSA) is 78.7 Å². The molecule has 0 aliphatic carbocycles. The van der Waals surface area contributed by atoms with Crippen molar-refractivity contribution in [3.05, 3.63) is 68.7 Å². The van der Waals surface area contributed by atoms with Gasteiger partial charge in [0, 0.05) is 11.1 Å². The number of hydrogen-bond donors (Lipinski definition) is 0. The van der Waals surface area contributed by atoms with Crippen molar-refractivity contribution in [1.29, 1.82) is 0 Å². The number of esters is 1. The molecule has 0 bridgehead atoms. The molecule has 0 aliphatic heterocycles. The Labute approximate surface area is 137 Å². The molecule has 0 heterocycles. The van der Waals surface area contributed by atoms with Crippen molar-refractivity contribution in [3.8, 4) is 5.75 Å². The van der Waals surface area contributed by atoms with Crippen molar-refractivity contribution in [1.82, 2.24) is 0 Å². The Bertz CT molecular complexity index is 732. The molecule has 0 unspecified atom stereocenters. The van der Waals surface area contributed by atoms with Gasteiger partial charge >= 0.3 is 5.97 Å². The molecule has 0 atom stereocenters. The van der Waals surface area contributed by atoms with Gasteiger partial charge in [0.05, 0.1) is 4.92 Å². The van der Waals surface area contributed by atoms with Crippen molar-refractivity contribution in [2.75, 3.05) is 13.2 Å². The highest BCUT2D eigenvalue weighted by Gasteiger charge is 2.21. The molecule has 2 aromatic rings. The van der Waals surface area contributed by atoms with E-state index in [-0.39, 0.29) is 29.5 Å². The molecule has 0 aromatic heterocycles. The van der Waals surface area contributed by atoms with E-state index in [0.29, 0.717) is 5.75 Å². The van der Waals surface area contributed by atoms with Crippen molar-refractivity contribution in [3.63, 3.8) is 0 Å². The Hall–Kier alpha value is -2.60. The fourth-order valence-corrected chi connectivity index (χ4v) is 2.08. The summed E-state index contributed by atoms with van der Waals surface area (Å²) in [6.45, 7) is 2.05. The lowest BCUT2D eigenvalue weighted by Gasteiger charge is -2.08. The van der Waals surface area contributed by atoms with Gasteiger partial charge in [0.1, 0.15) is 24.5 Å². The third-order valence-corrected chi connectivity index (χ3v) is 3.19. The maximum atomic E-state index is 11.9. The van der Waals surface area contributed by atoms with Gasteiger partial charge in [0.15, 0.2) is 0 Å². The summed E-state index contributed by atoms with van der Waals surface area (Å²) in [7, 11) is 0. The number of nitrogens with zero attached hydrogens (tertiary/aromatic N) is 1. The summed E-state index contributed by atoms with van der Waals surface area (Å²) >= 11 is 5.77. The highest BCUT2D eigenvalue weighted by atomic mass is 35.5. The Morgan fingerprint density at radius 1 is 1.22 bits per heavy atom. The summed E-state index contributed by atoms with van der Waals surface area (Å²) in [6, 6.07) is 11.2. The summed E-state index contributed by atoms with van der Waals surface area (Å²) in [5.41, 5.74) is 0.520. The van der Waals surface area contributed by atoms with Crippen molar-refractivity contribution < 1.29 is 19.2 Å². The highest BCUT2D eigenvalue weighted by Crippen LogP contribution is 2.23. The normalized spacial score (nSPS) is 10.2. The monoisotopic (exact) mass is 335 g/mol. The number of benzene rings is 2. The van der Waals surface area contributed by atoms with Gasteiger partial charge in [-0.25, -0.2) is 4.79 Å². The van der Waals surface area contributed by atoms with Crippen LogP contribution in [0, 0.1) is 17.0 Å². The van der Waals surface area contributed by atoms with E-state index < -0.39 is 10.9 Å². The predicted molar refractivity (Wildman–Crippen MR) is 85.1 cm³/mol. The number of ether oxygens (including phenoxy) is 2. The lowest BCUT2D eigenvalue weighted by atomic mass is 10.2. The van der Waals surface area contributed by atoms with E-state index in [1.807, 2.05) is 25.1 Å². The second kappa shape index (κ2) is 7.60. The molecule has 2 rings (SSSR count). The Morgan fingerprint density at radius 2 is 2.00 bits per heavy atom. The van der Waals surface area contributed by atoms with Crippen LogP contribution in [0.4, 0.5) is 5.69 Å². The number of aryl methyl sites for hydroxylation is 1. The van der Waals surface area contributed by atoms with Crippen LogP contribution >= 0.6 is 11.6 Å². The first-order chi connectivity index (χ1) is 11.0. The number of nitro benzene ring substituents is 1. The SMILES string of the molecule is Cc1cccc(OCCOC(=O)c2cc(Cl)ccc2[N+](=O)[O-])c1. The summed E-state index contributed by atoms with van der Waals surface area (Å²) in [5.74, 6) is -0.151. The molecule has 0 saturated carbocycles. The Kier molecular flexibility index (Phi) is 5.54. The number of carbonyl (C=O) groups excluding carboxylic acids is 1. The number of carbonyl (C=O) groups is 1. The molecule has 6 nitrogen and oxygen atoms in total. The van der Waals surface area contributed by atoms with Crippen LogP contribution in [-0.4, -0.2) is 24.1 Å². The van der Waals surface area contributed by atoms with Crippen LogP contribution in [0.2, 0.25) is 5.02 Å². The van der Waals surface area contributed by atoms with Crippen molar-refractivity contribution in [2.45, 2.75) is 6.92 Å². The van der Waals surface area contributed by atoms with Gasteiger partial charge in [-0.3, -0.25) is 10.1 Å². The van der Waals surface area contributed by atoms with Crippen LogP contribution in [-0.2, 0) is 4.74 Å². The van der Waals surface area contributed by atoms with Crippen LogP contribution in [0.1, 0.15) is 15.9 Å². The number of nitro groups is 1. The second-order valence-corrected chi connectivity index (χ2v) is 5.16. The van der Waals surface area contributed by atoms with Crippen LogP contribution in [0.15, 0.2) is 42.5 Å². The zero-order valence-corrected chi connectivity index (χ0v) is 13.1. The zero-order valence-electron chi connectivity index (χ0n) is 12.3. The van der Waals surface area contributed by atoms with Crippen LogP contribution in [0.5, 0.6) is 5.75 Å². The second-order valence-electron chi connectivity index (χ2n) is 4.72. The van der Waals surface area contributed by atoms with E-state index in [0.717, 1.165) is 5.56 Å². The number of hydrogen-bond acceptors (Lipinski definition) is 5. The maximum Gasteiger partial charge on any atom is 0.345 e. The van der Waals surface area contributed by atoms with Crippen molar-refractivity contribution in [2.24, 2.45) is 0 Å². The summed E-state index contributed by atoms with van der Waals surface area (Å²) in [4.78, 5) is 22.2. The zero-order chi connectivity index (χ0) is 16.8. The molecule has 2 aromatic carbocycles. The molecule has 23 heavy (non-hydrogen) atoms. The average molecular weight is 336 g/mol. The van der Waals surface area contributed by atoms with E-state index >= 15 is 0 Å². The van der Waals surface area contributed by atoms with Gasteiger partial charge in [-0.15, -0.1) is 0 Å². The molecule has 0 saturated heterocycles. The van der Waals surface area contributed by atoms with Crippen molar-refractivity contribution >= 4 is 23.3 Å². The van der Waals surface area contributed by atoms with Gasteiger partial charge in [0.2, 0.25) is 0 Å². The largest absolute Gasteiger partial charge is 0.490 e. The molecule has 0 fully saturated rings. The van der Waals surface area contributed by atoms with E-state index in [9.17, 15) is 14.9 Å². The molecular weight excluding hydrogens is 322 g/mol. The molecule has 0 aliphatic rings. The molecule has 0 amide bonds. The predicted octanol–water partition coefficient (Wildman–Crippen LogP) is 3.79. The van der Waals surface area contributed by atoms with E-state index in [1.54, 1.807) is 6.07 Å². The molecular formula is C16H14ClNO5. The first-order valence-corrected chi connectivity index (χ1v) is 7.15. The minimum atomic E-state index is -0.813. The lowest BCUT2D eigenvalue weighted by molar-refractivity contribution is -0.385. The maximum absolute atomic E-state index is 11.9. The summed E-state index contributed by atoms with van der Waals surface area (Å²) in [5, 5.41) is 11.1. The Balaban J connectivity index is 1.92. The smallest absolute Gasteiger partial charge is 0.345 e. The van der Waals surface area contributed by atoms with Crippen LogP contribution in [0.3, 0.4) is 0 Å². The fourth-order valence-electron chi connectivity index (χ4n) is 1.91. The third-order valence-electron chi connectivity index (χ3n) is 2.95. The summed E-state index contributed by atoms with van der Waals surface area (Å²) < 4.78 is 10.4. The minimum Gasteiger partial charge on any atom is -0.490 e. The fraction of sp³-hybridized carbons (Fsp3) is 0.188. The molecule has 0 spiro atoms. The number of halogens is 1. The van der Waals surface area contributed by atoms with E-state index in [1.165, 1.54) is 18.2 Å². The van der Waals surface area contributed by atoms with E-state index in [2.05, 4.69) is 0 Å². The quantitative estimate of drug-likeness (QED) is 0.347. The highest BCUT2D eigenvalue weighted by molar-refractivity contribution is 6.31.